The molecule has 1 aromatic rings. The van der Waals surface area contributed by atoms with Crippen LogP contribution < -0.4 is 10.5 Å². The first kappa shape index (κ1) is 16.7. The van der Waals surface area contributed by atoms with E-state index < -0.39 is 10.0 Å². The molecule has 2 unspecified atom stereocenters. The van der Waals surface area contributed by atoms with E-state index in [0.29, 0.717) is 11.4 Å². The summed E-state index contributed by atoms with van der Waals surface area (Å²) >= 11 is 0. The molecule has 4 nitrogen and oxygen atoms in total. The van der Waals surface area contributed by atoms with Gasteiger partial charge in [-0.25, -0.2) is 13.1 Å². The highest BCUT2D eigenvalue weighted by Crippen LogP contribution is 2.28. The Bertz CT molecular complexity index is 604. The van der Waals surface area contributed by atoms with Crippen molar-refractivity contribution < 1.29 is 8.42 Å². The molecule has 0 spiro atoms. The average molecular weight is 331 g/mol. The van der Waals surface area contributed by atoms with Gasteiger partial charge in [0.2, 0.25) is 10.0 Å². The van der Waals surface area contributed by atoms with Gasteiger partial charge in [0, 0.05) is 6.04 Å². The molecule has 6 heteroatoms. The predicted molar refractivity (Wildman–Crippen MR) is 86.2 cm³/mol. The Morgan fingerprint density at radius 3 is 2.67 bits per heavy atom. The number of benzene rings is 1. The van der Waals surface area contributed by atoms with Crippen LogP contribution in [0.2, 0.25) is 0 Å². The fraction of sp³-hybridized carbons (Fsp3) is 0.600. The van der Waals surface area contributed by atoms with E-state index in [1.807, 2.05) is 12.1 Å². The van der Waals surface area contributed by atoms with E-state index in [-0.39, 0.29) is 24.4 Å². The largest absolute Gasteiger partial charge is 0.330 e. The summed E-state index contributed by atoms with van der Waals surface area (Å²) in [5, 5.41) is 0. The number of nitrogens with two attached hydrogens (primary N) is 1. The SMILES string of the molecule is Cl.NCC1CCCC1NS(=O)(=O)c1ccc2c(c1)CCC2. The van der Waals surface area contributed by atoms with Crippen LogP contribution in [-0.2, 0) is 22.9 Å². The van der Waals surface area contributed by atoms with Gasteiger partial charge >= 0.3 is 0 Å². The smallest absolute Gasteiger partial charge is 0.240 e. The van der Waals surface area contributed by atoms with Crippen molar-refractivity contribution in [2.45, 2.75) is 49.5 Å². The van der Waals surface area contributed by atoms with Crippen LogP contribution in [0.15, 0.2) is 23.1 Å². The van der Waals surface area contributed by atoms with Gasteiger partial charge in [-0.3, -0.25) is 0 Å². The number of hydrogen-bond donors (Lipinski definition) is 2. The molecule has 0 heterocycles. The van der Waals surface area contributed by atoms with Crippen LogP contribution in [0.1, 0.15) is 36.8 Å². The first-order valence-corrected chi connectivity index (χ1v) is 8.92. The van der Waals surface area contributed by atoms with Gasteiger partial charge in [-0.05, 0) is 67.8 Å². The quantitative estimate of drug-likeness (QED) is 0.887. The van der Waals surface area contributed by atoms with E-state index in [9.17, 15) is 8.42 Å². The van der Waals surface area contributed by atoms with Gasteiger partial charge < -0.3 is 5.73 Å². The summed E-state index contributed by atoms with van der Waals surface area (Å²) in [6.45, 7) is 0.553. The summed E-state index contributed by atoms with van der Waals surface area (Å²) < 4.78 is 27.9. The molecule has 1 aromatic carbocycles. The molecule has 0 amide bonds. The molecule has 0 saturated heterocycles. The number of rotatable bonds is 4. The third-order valence-electron chi connectivity index (χ3n) is 4.65. The Morgan fingerprint density at radius 1 is 1.14 bits per heavy atom. The molecule has 0 aromatic heterocycles. The minimum atomic E-state index is -3.41. The molecule has 2 aliphatic rings. The maximum Gasteiger partial charge on any atom is 0.240 e. The molecular weight excluding hydrogens is 308 g/mol. The van der Waals surface area contributed by atoms with Gasteiger partial charge in [-0.1, -0.05) is 12.5 Å². The Kier molecular flexibility index (Phi) is 5.30. The lowest BCUT2D eigenvalue weighted by atomic mass is 10.1. The zero-order valence-electron chi connectivity index (χ0n) is 12.0. The van der Waals surface area contributed by atoms with E-state index >= 15 is 0 Å². The van der Waals surface area contributed by atoms with E-state index in [1.54, 1.807) is 6.07 Å². The molecule has 1 saturated carbocycles. The molecule has 1 fully saturated rings. The normalized spacial score (nSPS) is 24.6. The summed E-state index contributed by atoms with van der Waals surface area (Å²) in [6, 6.07) is 5.54. The molecule has 2 aliphatic carbocycles. The van der Waals surface area contributed by atoms with Crippen molar-refractivity contribution in [2.75, 3.05) is 6.54 Å². The van der Waals surface area contributed by atoms with Crippen LogP contribution >= 0.6 is 12.4 Å². The number of fused-ring (bicyclic) bond motifs is 1. The van der Waals surface area contributed by atoms with Crippen molar-refractivity contribution >= 4 is 22.4 Å². The summed E-state index contributed by atoms with van der Waals surface area (Å²) in [6.07, 6.45) is 6.16. The molecule has 3 rings (SSSR count). The lowest BCUT2D eigenvalue weighted by molar-refractivity contribution is 0.453. The van der Waals surface area contributed by atoms with Crippen LogP contribution in [0, 0.1) is 5.92 Å². The maximum atomic E-state index is 12.5. The van der Waals surface area contributed by atoms with E-state index in [0.717, 1.165) is 38.5 Å². The average Bonchev–Trinajstić information content (AvgIpc) is 3.05. The monoisotopic (exact) mass is 330 g/mol. The summed E-state index contributed by atoms with van der Waals surface area (Å²) in [7, 11) is -3.41. The Morgan fingerprint density at radius 2 is 1.90 bits per heavy atom. The Labute approximate surface area is 133 Å². The predicted octanol–water partition coefficient (Wildman–Crippen LogP) is 2.00. The lowest BCUT2D eigenvalue weighted by Crippen LogP contribution is -2.39. The molecule has 0 bridgehead atoms. The Balaban J connectivity index is 0.00000161. The zero-order valence-corrected chi connectivity index (χ0v) is 13.7. The number of halogens is 1. The number of hydrogen-bond acceptors (Lipinski definition) is 3. The van der Waals surface area contributed by atoms with Crippen molar-refractivity contribution in [3.63, 3.8) is 0 Å². The first-order chi connectivity index (χ1) is 9.60. The summed E-state index contributed by atoms with van der Waals surface area (Å²) in [5.41, 5.74) is 8.21. The van der Waals surface area contributed by atoms with Gasteiger partial charge in [-0.15, -0.1) is 12.4 Å². The van der Waals surface area contributed by atoms with E-state index in [4.69, 9.17) is 5.73 Å². The van der Waals surface area contributed by atoms with Crippen molar-refractivity contribution in [2.24, 2.45) is 11.7 Å². The van der Waals surface area contributed by atoms with Gasteiger partial charge in [-0.2, -0.15) is 0 Å². The molecular formula is C15H23ClN2O2S. The first-order valence-electron chi connectivity index (χ1n) is 7.44. The molecule has 0 radical (unpaired) electrons. The molecule has 0 aliphatic heterocycles. The molecule has 118 valence electrons. The topological polar surface area (TPSA) is 72.2 Å². The van der Waals surface area contributed by atoms with Crippen LogP contribution in [-0.4, -0.2) is 21.0 Å². The third kappa shape index (κ3) is 3.42. The van der Waals surface area contributed by atoms with Gasteiger partial charge in [0.25, 0.3) is 0 Å². The second kappa shape index (κ2) is 6.65. The molecule has 21 heavy (non-hydrogen) atoms. The van der Waals surface area contributed by atoms with Gasteiger partial charge in [0.15, 0.2) is 0 Å². The third-order valence-corrected chi connectivity index (χ3v) is 6.14. The van der Waals surface area contributed by atoms with Crippen molar-refractivity contribution in [3.05, 3.63) is 29.3 Å². The number of sulfonamides is 1. The molecule has 3 N–H and O–H groups in total. The van der Waals surface area contributed by atoms with Crippen LogP contribution in [0.25, 0.3) is 0 Å². The van der Waals surface area contributed by atoms with E-state index in [1.165, 1.54) is 11.1 Å². The standard InChI is InChI=1S/C15H22N2O2S.ClH/c16-10-13-5-2-6-15(13)17-20(18,19)14-8-7-11-3-1-4-12(11)9-14;/h7-9,13,15,17H,1-6,10,16H2;1H. The van der Waals surface area contributed by atoms with Gasteiger partial charge in [0.1, 0.15) is 0 Å². The van der Waals surface area contributed by atoms with Crippen molar-refractivity contribution in [1.82, 2.24) is 4.72 Å². The summed E-state index contributed by atoms with van der Waals surface area (Å²) in [4.78, 5) is 0.404. The van der Waals surface area contributed by atoms with E-state index in [2.05, 4.69) is 4.72 Å². The maximum absolute atomic E-state index is 12.5. The highest BCUT2D eigenvalue weighted by Gasteiger charge is 2.30. The van der Waals surface area contributed by atoms with Crippen LogP contribution in [0.4, 0.5) is 0 Å². The van der Waals surface area contributed by atoms with Crippen molar-refractivity contribution in [1.29, 1.82) is 0 Å². The molecule has 2 atom stereocenters. The minimum absolute atomic E-state index is 0. The van der Waals surface area contributed by atoms with Crippen LogP contribution in [0.3, 0.4) is 0 Å². The second-order valence-corrected chi connectivity index (χ2v) is 7.65. The highest BCUT2D eigenvalue weighted by molar-refractivity contribution is 7.89. The van der Waals surface area contributed by atoms with Gasteiger partial charge in [0.05, 0.1) is 4.90 Å². The fourth-order valence-corrected chi connectivity index (χ4v) is 4.85. The minimum Gasteiger partial charge on any atom is -0.330 e. The van der Waals surface area contributed by atoms with Crippen LogP contribution in [0.5, 0.6) is 0 Å². The zero-order chi connectivity index (χ0) is 14.2. The number of nitrogens with one attached hydrogen (secondary N) is 1. The Hall–Kier alpha value is -0.620. The summed E-state index contributed by atoms with van der Waals surface area (Å²) in [5.74, 6) is 0.277. The second-order valence-electron chi connectivity index (χ2n) is 5.94. The lowest BCUT2D eigenvalue weighted by Gasteiger charge is -2.19. The fourth-order valence-electron chi connectivity index (χ4n) is 3.46. The number of aryl methyl sites for hydroxylation is 2. The van der Waals surface area contributed by atoms with Crippen molar-refractivity contribution in [3.8, 4) is 0 Å². The highest BCUT2D eigenvalue weighted by atomic mass is 35.5.